The first-order chi connectivity index (χ1) is 14.7. The van der Waals surface area contributed by atoms with Gasteiger partial charge in [-0.2, -0.15) is 0 Å². The highest BCUT2D eigenvalue weighted by atomic mass is 127. The van der Waals surface area contributed by atoms with E-state index in [0.717, 1.165) is 30.0 Å². The second-order valence-electron chi connectivity index (χ2n) is 7.03. The average Bonchev–Trinajstić information content (AvgIpc) is 3.33. The van der Waals surface area contributed by atoms with Crippen LogP contribution in [0.4, 0.5) is 5.82 Å². The summed E-state index contributed by atoms with van der Waals surface area (Å²) in [5, 5.41) is 6.63. The number of halogens is 1. The van der Waals surface area contributed by atoms with Crippen LogP contribution in [0.5, 0.6) is 17.2 Å². The van der Waals surface area contributed by atoms with Gasteiger partial charge in [0.2, 0.25) is 5.75 Å². The second-order valence-corrected chi connectivity index (χ2v) is 7.03. The largest absolute Gasteiger partial charge is 0.493 e. The predicted molar refractivity (Wildman–Crippen MR) is 134 cm³/mol. The Balaban J connectivity index is 0.00000341. The monoisotopic (exact) mass is 541 g/mol. The average molecular weight is 541 g/mol. The lowest BCUT2D eigenvalue weighted by atomic mass is 10.2. The molecule has 1 aliphatic rings. The van der Waals surface area contributed by atoms with Crippen molar-refractivity contribution in [3.8, 4) is 17.2 Å². The van der Waals surface area contributed by atoms with Gasteiger partial charge < -0.3 is 29.7 Å². The Morgan fingerprint density at radius 2 is 1.58 bits per heavy atom. The number of rotatable bonds is 8. The Labute approximate surface area is 201 Å². The van der Waals surface area contributed by atoms with E-state index >= 15 is 0 Å². The molecule has 1 aliphatic heterocycles. The fourth-order valence-electron chi connectivity index (χ4n) is 3.48. The van der Waals surface area contributed by atoms with Crippen LogP contribution >= 0.6 is 24.0 Å². The normalized spacial score (nSPS) is 13.4. The lowest BCUT2D eigenvalue weighted by molar-refractivity contribution is 0.323. The molecule has 0 amide bonds. The van der Waals surface area contributed by atoms with Crippen LogP contribution in [0.1, 0.15) is 24.0 Å². The molecule has 8 nitrogen and oxygen atoms in total. The highest BCUT2D eigenvalue weighted by Gasteiger charge is 2.14. The Morgan fingerprint density at radius 1 is 0.968 bits per heavy atom. The molecule has 0 radical (unpaired) electrons. The molecule has 1 aromatic heterocycles. The first-order valence-electron chi connectivity index (χ1n) is 10.1. The minimum Gasteiger partial charge on any atom is -0.493 e. The number of methoxy groups -OCH3 is 3. The zero-order valence-corrected chi connectivity index (χ0v) is 20.9. The molecule has 3 rings (SSSR count). The van der Waals surface area contributed by atoms with E-state index in [1.54, 1.807) is 28.4 Å². The molecule has 9 heteroatoms. The van der Waals surface area contributed by atoms with Crippen LogP contribution in [0.25, 0.3) is 0 Å². The summed E-state index contributed by atoms with van der Waals surface area (Å²) in [4.78, 5) is 11.2. The number of hydrogen-bond donors (Lipinski definition) is 2. The van der Waals surface area contributed by atoms with E-state index in [2.05, 4.69) is 37.6 Å². The lowest BCUT2D eigenvalue weighted by Crippen LogP contribution is -2.36. The van der Waals surface area contributed by atoms with Crippen molar-refractivity contribution in [2.45, 2.75) is 25.9 Å². The molecule has 31 heavy (non-hydrogen) atoms. The van der Waals surface area contributed by atoms with E-state index in [1.165, 1.54) is 12.8 Å². The molecule has 1 saturated heterocycles. The van der Waals surface area contributed by atoms with Gasteiger partial charge in [-0.1, -0.05) is 6.07 Å². The molecule has 170 valence electrons. The molecule has 2 aromatic rings. The Hall–Kier alpha value is -2.43. The number of guanidine groups is 1. The number of ether oxygens (including phenoxy) is 3. The van der Waals surface area contributed by atoms with Crippen molar-refractivity contribution in [3.63, 3.8) is 0 Å². The minimum atomic E-state index is 0. The van der Waals surface area contributed by atoms with Gasteiger partial charge in [-0.15, -0.1) is 24.0 Å². The van der Waals surface area contributed by atoms with Crippen LogP contribution in [0.2, 0.25) is 0 Å². The van der Waals surface area contributed by atoms with Crippen LogP contribution in [-0.4, -0.2) is 52.4 Å². The summed E-state index contributed by atoms with van der Waals surface area (Å²) < 4.78 is 16.2. The maximum Gasteiger partial charge on any atom is 0.203 e. The lowest BCUT2D eigenvalue weighted by Gasteiger charge is -2.17. The maximum atomic E-state index is 5.42. The number of nitrogens with zero attached hydrogens (tertiary/aromatic N) is 3. The van der Waals surface area contributed by atoms with Gasteiger partial charge in [0, 0.05) is 39.4 Å². The number of pyridine rings is 1. The SMILES string of the molecule is CN=C(NCc1ccc(N2CCCC2)nc1)NCc1cc(OC)c(OC)c(OC)c1.I. The fourth-order valence-corrected chi connectivity index (χ4v) is 3.48. The molecule has 2 N–H and O–H groups in total. The van der Waals surface area contributed by atoms with E-state index in [4.69, 9.17) is 14.2 Å². The van der Waals surface area contributed by atoms with Gasteiger partial charge in [-0.05, 0) is 42.2 Å². The smallest absolute Gasteiger partial charge is 0.203 e. The molecule has 0 saturated carbocycles. The number of hydrogen-bond acceptors (Lipinski definition) is 6. The summed E-state index contributed by atoms with van der Waals surface area (Å²) in [6.07, 6.45) is 4.42. The molecule has 0 atom stereocenters. The van der Waals surface area contributed by atoms with Crippen molar-refractivity contribution in [1.29, 1.82) is 0 Å². The van der Waals surface area contributed by atoms with Crippen molar-refractivity contribution in [3.05, 3.63) is 41.6 Å². The zero-order valence-electron chi connectivity index (χ0n) is 18.6. The maximum absolute atomic E-state index is 5.42. The van der Waals surface area contributed by atoms with E-state index in [1.807, 2.05) is 18.3 Å². The van der Waals surface area contributed by atoms with Crippen molar-refractivity contribution >= 4 is 35.8 Å². The number of nitrogens with one attached hydrogen (secondary N) is 2. The molecule has 0 spiro atoms. The van der Waals surface area contributed by atoms with Crippen molar-refractivity contribution in [2.24, 2.45) is 4.99 Å². The molecule has 2 heterocycles. The summed E-state index contributed by atoms with van der Waals surface area (Å²) in [6.45, 7) is 3.40. The molecule has 0 aliphatic carbocycles. The van der Waals surface area contributed by atoms with E-state index in [0.29, 0.717) is 36.3 Å². The van der Waals surface area contributed by atoms with Gasteiger partial charge in [-0.3, -0.25) is 4.99 Å². The number of anilines is 1. The standard InChI is InChI=1S/C22H31N5O3.HI/c1-23-22(25-14-16-7-8-20(24-13-16)27-9-5-6-10-27)26-15-17-11-18(28-2)21(30-4)19(12-17)29-3;/h7-8,11-13H,5-6,9-10,14-15H2,1-4H3,(H2,23,25,26);1H. The first kappa shape index (κ1) is 24.8. The Bertz CT molecular complexity index is 830. The quantitative estimate of drug-likeness (QED) is 0.302. The van der Waals surface area contributed by atoms with Gasteiger partial charge >= 0.3 is 0 Å². The van der Waals surface area contributed by atoms with Crippen molar-refractivity contribution in [1.82, 2.24) is 15.6 Å². The van der Waals surface area contributed by atoms with Crippen LogP contribution in [0, 0.1) is 0 Å². The summed E-state index contributed by atoms with van der Waals surface area (Å²) in [6, 6.07) is 8.04. The summed E-state index contributed by atoms with van der Waals surface area (Å²) in [5.41, 5.74) is 2.10. The van der Waals surface area contributed by atoms with Crippen LogP contribution in [0.3, 0.4) is 0 Å². The predicted octanol–water partition coefficient (Wildman–Crippen LogP) is 3.19. The zero-order chi connectivity index (χ0) is 21.3. The van der Waals surface area contributed by atoms with E-state index in [-0.39, 0.29) is 24.0 Å². The summed E-state index contributed by atoms with van der Waals surface area (Å²) in [5.74, 6) is 3.59. The molecule has 1 fully saturated rings. The van der Waals surface area contributed by atoms with Crippen LogP contribution in [0.15, 0.2) is 35.5 Å². The molecule has 1 aromatic carbocycles. The van der Waals surface area contributed by atoms with E-state index in [9.17, 15) is 0 Å². The van der Waals surface area contributed by atoms with Crippen LogP contribution in [-0.2, 0) is 13.1 Å². The number of aromatic nitrogens is 1. The summed E-state index contributed by atoms with van der Waals surface area (Å²) >= 11 is 0. The Kier molecular flexibility index (Phi) is 9.96. The van der Waals surface area contributed by atoms with Gasteiger partial charge in [0.25, 0.3) is 0 Å². The van der Waals surface area contributed by atoms with Gasteiger partial charge in [0.15, 0.2) is 17.5 Å². The Morgan fingerprint density at radius 3 is 2.06 bits per heavy atom. The van der Waals surface area contributed by atoms with Gasteiger partial charge in [0.05, 0.1) is 21.3 Å². The minimum absolute atomic E-state index is 0. The van der Waals surface area contributed by atoms with Crippen molar-refractivity contribution < 1.29 is 14.2 Å². The number of benzene rings is 1. The molecule has 0 unspecified atom stereocenters. The highest BCUT2D eigenvalue weighted by Crippen LogP contribution is 2.38. The first-order valence-corrected chi connectivity index (χ1v) is 10.1. The third kappa shape index (κ3) is 6.52. The topological polar surface area (TPSA) is 80.2 Å². The molecule has 0 bridgehead atoms. The summed E-state index contributed by atoms with van der Waals surface area (Å²) in [7, 11) is 6.56. The van der Waals surface area contributed by atoms with Crippen LogP contribution < -0.4 is 29.7 Å². The second kappa shape index (κ2) is 12.4. The molecular formula is C22H32IN5O3. The van der Waals surface area contributed by atoms with E-state index < -0.39 is 0 Å². The van der Waals surface area contributed by atoms with Gasteiger partial charge in [-0.25, -0.2) is 4.98 Å². The van der Waals surface area contributed by atoms with Gasteiger partial charge in [0.1, 0.15) is 5.82 Å². The third-order valence-electron chi connectivity index (χ3n) is 5.11. The highest BCUT2D eigenvalue weighted by molar-refractivity contribution is 14.0. The molecular weight excluding hydrogens is 509 g/mol. The third-order valence-corrected chi connectivity index (χ3v) is 5.11. The van der Waals surface area contributed by atoms with Crippen molar-refractivity contribution in [2.75, 3.05) is 46.4 Å². The number of aliphatic imine (C=N–C) groups is 1. The fraction of sp³-hybridized carbons (Fsp3) is 0.455.